The maximum Gasteiger partial charge on any atom is 0.0298 e. The molecule has 0 heterocycles. The van der Waals surface area contributed by atoms with Crippen LogP contribution < -0.4 is 0 Å². The van der Waals surface area contributed by atoms with E-state index in [0.29, 0.717) is 0 Å². The minimum Gasteiger partial charge on any atom is -0.411 e. The Balaban J connectivity index is 0. The SMILES string of the molecule is C=NO.[Fe]. The minimum atomic E-state index is 0. The monoisotopic (exact) mass is 101 g/mol. The first-order valence-electron chi connectivity index (χ1n) is 0.516. The molecule has 0 aromatic carbocycles. The van der Waals surface area contributed by atoms with E-state index < -0.39 is 0 Å². The zero-order valence-corrected chi connectivity index (χ0v) is 3.06. The van der Waals surface area contributed by atoms with Crippen LogP contribution in [0.25, 0.3) is 0 Å². The first kappa shape index (κ1) is 9.01. The number of hydrogen-bond acceptors (Lipinski definition) is 2. The van der Waals surface area contributed by atoms with Crippen LogP contribution in [-0.2, 0) is 17.1 Å². The van der Waals surface area contributed by atoms with Gasteiger partial charge < -0.3 is 5.21 Å². The van der Waals surface area contributed by atoms with Gasteiger partial charge in [-0.3, -0.25) is 0 Å². The molecule has 0 aliphatic carbocycles. The summed E-state index contributed by atoms with van der Waals surface area (Å²) in [7, 11) is 0. The van der Waals surface area contributed by atoms with Crippen molar-refractivity contribution in [2.24, 2.45) is 5.16 Å². The molecule has 0 bridgehead atoms. The van der Waals surface area contributed by atoms with Crippen molar-refractivity contribution >= 4 is 6.72 Å². The topological polar surface area (TPSA) is 32.6 Å². The second kappa shape index (κ2) is 12.1. The fraction of sp³-hybridized carbons (Fsp3) is 0. The molecule has 0 atom stereocenters. The van der Waals surface area contributed by atoms with Crippen molar-refractivity contribution in [2.75, 3.05) is 0 Å². The molecule has 4 heavy (non-hydrogen) atoms. The fourth-order valence-corrected chi connectivity index (χ4v) is 0. The third-order valence-corrected chi connectivity index (χ3v) is 0. The number of nitrogens with zero attached hydrogens (tertiary/aromatic N) is 1. The van der Waals surface area contributed by atoms with E-state index in [0.717, 1.165) is 0 Å². The maximum absolute atomic E-state index is 7.08. The predicted octanol–water partition coefficient (Wildman–Crippen LogP) is 0.0737. The van der Waals surface area contributed by atoms with E-state index in [-0.39, 0.29) is 17.1 Å². The van der Waals surface area contributed by atoms with Gasteiger partial charge in [-0.05, 0) is 0 Å². The van der Waals surface area contributed by atoms with Crippen LogP contribution in [0.2, 0.25) is 0 Å². The predicted molar refractivity (Wildman–Crippen MR) is 11.3 cm³/mol. The van der Waals surface area contributed by atoms with Crippen LogP contribution in [0.5, 0.6) is 0 Å². The van der Waals surface area contributed by atoms with E-state index >= 15 is 0 Å². The van der Waals surface area contributed by atoms with Gasteiger partial charge in [-0.15, -0.1) is 5.16 Å². The summed E-state index contributed by atoms with van der Waals surface area (Å²) in [5.41, 5.74) is 0. The van der Waals surface area contributed by atoms with Gasteiger partial charge in [0.1, 0.15) is 0 Å². The van der Waals surface area contributed by atoms with E-state index in [1.807, 2.05) is 0 Å². The zero-order valence-electron chi connectivity index (χ0n) is 1.96. The van der Waals surface area contributed by atoms with Crippen molar-refractivity contribution in [3.05, 3.63) is 0 Å². The van der Waals surface area contributed by atoms with Gasteiger partial charge in [0.05, 0.1) is 0 Å². The van der Waals surface area contributed by atoms with E-state index in [9.17, 15) is 0 Å². The molecule has 0 saturated heterocycles. The second-order valence-electron chi connectivity index (χ2n) is 0.141. The third kappa shape index (κ3) is 17600. The Labute approximate surface area is 35.0 Å². The van der Waals surface area contributed by atoms with Crippen molar-refractivity contribution in [2.45, 2.75) is 0 Å². The molecule has 0 radical (unpaired) electrons. The molecule has 0 spiro atoms. The Morgan fingerprint density at radius 2 is 1.75 bits per heavy atom. The molecule has 0 fully saturated rings. The Morgan fingerprint density at radius 3 is 1.75 bits per heavy atom. The molecule has 3 heteroatoms. The first-order chi connectivity index (χ1) is 1.41. The maximum atomic E-state index is 7.08. The largest absolute Gasteiger partial charge is 0.411 e. The van der Waals surface area contributed by atoms with Crippen molar-refractivity contribution < 1.29 is 22.3 Å². The summed E-state index contributed by atoms with van der Waals surface area (Å²) in [6.07, 6.45) is 0. The molecule has 0 aromatic heterocycles. The van der Waals surface area contributed by atoms with Gasteiger partial charge in [0.2, 0.25) is 0 Å². The zero-order chi connectivity index (χ0) is 2.71. The Morgan fingerprint density at radius 1 is 1.75 bits per heavy atom. The molecule has 2 nitrogen and oxygen atoms in total. The quantitative estimate of drug-likeness (QED) is 0.199. The normalized spacial score (nSPS) is 3.00. The Hall–Kier alpha value is -0.0105. The van der Waals surface area contributed by atoms with E-state index in [4.69, 9.17) is 5.21 Å². The smallest absolute Gasteiger partial charge is 0.0298 e. The van der Waals surface area contributed by atoms with E-state index in [1.54, 1.807) is 0 Å². The summed E-state index contributed by atoms with van der Waals surface area (Å²) in [6, 6.07) is 0. The van der Waals surface area contributed by atoms with Gasteiger partial charge in [0.25, 0.3) is 0 Å². The van der Waals surface area contributed by atoms with Crippen LogP contribution in [0.4, 0.5) is 0 Å². The van der Waals surface area contributed by atoms with Crippen LogP contribution in [0, 0.1) is 0 Å². The van der Waals surface area contributed by atoms with Crippen LogP contribution in [0.3, 0.4) is 0 Å². The standard InChI is InChI=1S/CH3NO.Fe/c1-2-3;/h3H,1H2;. The van der Waals surface area contributed by atoms with Crippen molar-refractivity contribution in [1.82, 2.24) is 0 Å². The molecule has 0 unspecified atom stereocenters. The summed E-state index contributed by atoms with van der Waals surface area (Å²) >= 11 is 0. The Bertz CT molecular complexity index is 15.5. The average molecular weight is 101 g/mol. The van der Waals surface area contributed by atoms with Crippen LogP contribution in [0.1, 0.15) is 0 Å². The summed E-state index contributed by atoms with van der Waals surface area (Å²) in [5, 5.41) is 9.33. The number of hydrogen-bond donors (Lipinski definition) is 1. The number of rotatable bonds is 0. The van der Waals surface area contributed by atoms with Crippen molar-refractivity contribution in [1.29, 1.82) is 0 Å². The summed E-state index contributed by atoms with van der Waals surface area (Å²) in [4.78, 5) is 0. The summed E-state index contributed by atoms with van der Waals surface area (Å²) in [5.74, 6) is 0. The summed E-state index contributed by atoms with van der Waals surface area (Å²) in [6.45, 7) is 2.67. The third-order valence-electron chi connectivity index (χ3n) is 0. The van der Waals surface area contributed by atoms with Crippen molar-refractivity contribution in [3.63, 3.8) is 0 Å². The molecular weight excluding hydrogens is 97.9 g/mol. The van der Waals surface area contributed by atoms with Gasteiger partial charge in [-0.2, -0.15) is 0 Å². The van der Waals surface area contributed by atoms with Gasteiger partial charge in [0.15, 0.2) is 0 Å². The molecule has 0 aliphatic heterocycles. The van der Waals surface area contributed by atoms with E-state index in [1.165, 1.54) is 0 Å². The van der Waals surface area contributed by atoms with Gasteiger partial charge >= 0.3 is 0 Å². The second-order valence-corrected chi connectivity index (χ2v) is 0.141. The van der Waals surface area contributed by atoms with Crippen LogP contribution in [0.15, 0.2) is 5.16 Å². The molecule has 0 amide bonds. The molecule has 26 valence electrons. The molecule has 0 aliphatic rings. The molecule has 0 aromatic rings. The fourth-order valence-electron chi connectivity index (χ4n) is 0. The molecule has 0 saturated carbocycles. The Kier molecular flexibility index (Phi) is 27.2. The first-order valence-corrected chi connectivity index (χ1v) is 0.516. The molecule has 0 rings (SSSR count). The average Bonchev–Trinajstić information content (AvgIpc) is 0.918. The number of oxime groups is 1. The van der Waals surface area contributed by atoms with Gasteiger partial charge in [0, 0.05) is 23.8 Å². The van der Waals surface area contributed by atoms with Crippen LogP contribution in [-0.4, -0.2) is 11.9 Å². The summed E-state index contributed by atoms with van der Waals surface area (Å²) < 4.78 is 0. The van der Waals surface area contributed by atoms with E-state index in [2.05, 4.69) is 11.9 Å². The van der Waals surface area contributed by atoms with Gasteiger partial charge in [-0.25, -0.2) is 0 Å². The van der Waals surface area contributed by atoms with Crippen molar-refractivity contribution in [3.8, 4) is 0 Å². The molecule has 1 N–H and O–H groups in total. The minimum absolute atomic E-state index is 0. The van der Waals surface area contributed by atoms with Gasteiger partial charge in [-0.1, -0.05) is 0 Å². The molecular formula is CH3FeNO. The van der Waals surface area contributed by atoms with Crippen LogP contribution >= 0.6 is 0 Å².